The Hall–Kier alpha value is -2.33. The quantitative estimate of drug-likeness (QED) is 0.789. The number of hydrogen-bond donors (Lipinski definition) is 0. The Kier molecular flexibility index (Phi) is 4.63. The zero-order chi connectivity index (χ0) is 16.2. The zero-order valence-corrected chi connectivity index (χ0v) is 13.7. The van der Waals surface area contributed by atoms with Crippen LogP contribution in [0.25, 0.3) is 0 Å². The Labute approximate surface area is 140 Å². The van der Waals surface area contributed by atoms with Gasteiger partial charge >= 0.3 is 0 Å². The van der Waals surface area contributed by atoms with Crippen LogP contribution >= 0.6 is 11.8 Å². The lowest BCUT2D eigenvalue weighted by molar-refractivity contribution is -0.128. The van der Waals surface area contributed by atoms with Crippen molar-refractivity contribution in [3.05, 3.63) is 76.8 Å². The van der Waals surface area contributed by atoms with E-state index in [2.05, 4.69) is 0 Å². The number of carbonyl (C=O) groups excluding carboxylic acids is 2. The Morgan fingerprint density at radius 2 is 1.78 bits per heavy atom. The summed E-state index contributed by atoms with van der Waals surface area (Å²) in [6.45, 7) is 2.30. The number of amides is 1. The van der Waals surface area contributed by atoms with E-state index in [4.69, 9.17) is 0 Å². The minimum atomic E-state index is -0.00688. The first kappa shape index (κ1) is 15.6. The van der Waals surface area contributed by atoms with Crippen molar-refractivity contribution in [2.24, 2.45) is 0 Å². The van der Waals surface area contributed by atoms with Crippen molar-refractivity contribution in [3.8, 4) is 0 Å². The molecule has 3 rings (SSSR count). The summed E-state index contributed by atoms with van der Waals surface area (Å²) in [6, 6.07) is 17.3. The fraction of sp³-hybridized carbons (Fsp3) is 0.158. The zero-order valence-electron chi connectivity index (χ0n) is 12.9. The highest BCUT2D eigenvalue weighted by molar-refractivity contribution is 8.04. The summed E-state index contributed by atoms with van der Waals surface area (Å²) < 4.78 is 0. The summed E-state index contributed by atoms with van der Waals surface area (Å²) >= 11 is 1.43. The maximum atomic E-state index is 12.5. The third-order valence-electron chi connectivity index (χ3n) is 3.67. The van der Waals surface area contributed by atoms with Gasteiger partial charge in [-0.3, -0.25) is 9.59 Å². The van der Waals surface area contributed by atoms with Gasteiger partial charge in [-0.15, -0.1) is 0 Å². The van der Waals surface area contributed by atoms with Gasteiger partial charge in [0, 0.05) is 23.1 Å². The van der Waals surface area contributed by atoms with Crippen molar-refractivity contribution >= 4 is 23.5 Å². The van der Waals surface area contributed by atoms with E-state index in [1.807, 2.05) is 61.5 Å². The van der Waals surface area contributed by atoms with E-state index < -0.39 is 0 Å². The van der Waals surface area contributed by atoms with E-state index in [1.165, 1.54) is 11.8 Å². The number of ketones is 1. The lowest BCUT2D eigenvalue weighted by Crippen LogP contribution is -2.25. The van der Waals surface area contributed by atoms with Gasteiger partial charge in [0.25, 0.3) is 0 Å². The normalized spacial score (nSPS) is 14.8. The highest BCUT2D eigenvalue weighted by Crippen LogP contribution is 2.39. The fourth-order valence-electron chi connectivity index (χ4n) is 2.46. The Morgan fingerprint density at radius 3 is 2.48 bits per heavy atom. The van der Waals surface area contributed by atoms with Crippen molar-refractivity contribution in [1.29, 1.82) is 0 Å². The largest absolute Gasteiger partial charge is 0.313 e. The average Bonchev–Trinajstić information content (AvgIpc) is 2.91. The van der Waals surface area contributed by atoms with Crippen molar-refractivity contribution in [2.45, 2.75) is 24.8 Å². The summed E-state index contributed by atoms with van der Waals surface area (Å²) in [7, 11) is 0. The third-order valence-corrected chi connectivity index (χ3v) is 4.75. The van der Waals surface area contributed by atoms with Crippen LogP contribution in [0.5, 0.6) is 0 Å². The molecule has 1 aliphatic heterocycles. The molecule has 0 N–H and O–H groups in total. The van der Waals surface area contributed by atoms with Crippen LogP contribution in [-0.4, -0.2) is 16.6 Å². The molecule has 0 saturated carbocycles. The molecule has 0 aliphatic carbocycles. The number of nitrogens with zero attached hydrogens (tertiary/aromatic N) is 1. The summed E-state index contributed by atoms with van der Waals surface area (Å²) in [4.78, 5) is 27.9. The first-order valence-corrected chi connectivity index (χ1v) is 8.37. The summed E-state index contributed by atoms with van der Waals surface area (Å²) in [5.74, 6) is -0.00160. The molecule has 0 aromatic heterocycles. The SMILES string of the molecule is CCC(=O)N(C=C1Sc2ccccc2C1=O)Cc1ccccc1. The van der Waals surface area contributed by atoms with Gasteiger partial charge < -0.3 is 4.90 Å². The van der Waals surface area contributed by atoms with Gasteiger partial charge in [-0.1, -0.05) is 61.2 Å². The molecule has 1 aliphatic rings. The smallest absolute Gasteiger partial charge is 0.226 e. The molecule has 0 unspecified atom stereocenters. The molecule has 0 radical (unpaired) electrons. The molecular weight excluding hydrogens is 306 g/mol. The summed E-state index contributed by atoms with van der Waals surface area (Å²) in [5.41, 5.74) is 1.76. The summed E-state index contributed by atoms with van der Waals surface area (Å²) in [5, 5.41) is 0. The molecule has 1 amide bonds. The molecule has 3 nitrogen and oxygen atoms in total. The predicted molar refractivity (Wildman–Crippen MR) is 92.0 cm³/mol. The number of fused-ring (bicyclic) bond motifs is 1. The number of Topliss-reactive ketones (excluding diaryl/α,β-unsaturated/α-hetero) is 1. The second kappa shape index (κ2) is 6.84. The number of allylic oxidation sites excluding steroid dienone is 1. The van der Waals surface area contributed by atoms with E-state index >= 15 is 0 Å². The van der Waals surface area contributed by atoms with Crippen molar-refractivity contribution in [1.82, 2.24) is 4.90 Å². The molecule has 0 fully saturated rings. The average molecular weight is 323 g/mol. The van der Waals surface area contributed by atoms with Gasteiger partial charge in [0.15, 0.2) is 0 Å². The van der Waals surface area contributed by atoms with Crippen LogP contribution in [0.3, 0.4) is 0 Å². The first-order valence-electron chi connectivity index (χ1n) is 7.56. The number of benzene rings is 2. The van der Waals surface area contributed by atoms with Crippen molar-refractivity contribution in [3.63, 3.8) is 0 Å². The van der Waals surface area contributed by atoms with Crippen LogP contribution in [0.4, 0.5) is 0 Å². The number of rotatable bonds is 4. The Balaban J connectivity index is 1.87. The molecule has 4 heteroatoms. The van der Waals surface area contributed by atoms with Crippen molar-refractivity contribution in [2.75, 3.05) is 0 Å². The Bertz CT molecular complexity index is 768. The highest BCUT2D eigenvalue weighted by Gasteiger charge is 2.26. The van der Waals surface area contributed by atoms with Crippen LogP contribution in [-0.2, 0) is 11.3 Å². The van der Waals surface area contributed by atoms with Gasteiger partial charge in [0.2, 0.25) is 11.7 Å². The maximum Gasteiger partial charge on any atom is 0.226 e. The number of hydrogen-bond acceptors (Lipinski definition) is 3. The van der Waals surface area contributed by atoms with Crippen LogP contribution in [0.1, 0.15) is 29.3 Å². The molecule has 1 heterocycles. The number of carbonyl (C=O) groups is 2. The Morgan fingerprint density at radius 1 is 1.09 bits per heavy atom. The van der Waals surface area contributed by atoms with Gasteiger partial charge in [0.1, 0.15) is 0 Å². The predicted octanol–water partition coefficient (Wildman–Crippen LogP) is 4.26. The van der Waals surface area contributed by atoms with Gasteiger partial charge in [-0.25, -0.2) is 0 Å². The third kappa shape index (κ3) is 3.37. The maximum absolute atomic E-state index is 12.5. The molecule has 0 saturated heterocycles. The van der Waals surface area contributed by atoms with Crippen molar-refractivity contribution < 1.29 is 9.59 Å². The molecule has 0 bridgehead atoms. The van der Waals surface area contributed by atoms with Crippen LogP contribution in [0.15, 0.2) is 70.6 Å². The van der Waals surface area contributed by atoms with E-state index in [0.717, 1.165) is 10.5 Å². The fourth-order valence-corrected chi connectivity index (χ4v) is 3.49. The minimum Gasteiger partial charge on any atom is -0.313 e. The van der Waals surface area contributed by atoms with E-state index in [0.29, 0.717) is 23.4 Å². The highest BCUT2D eigenvalue weighted by atomic mass is 32.2. The van der Waals surface area contributed by atoms with E-state index in [9.17, 15) is 9.59 Å². The lowest BCUT2D eigenvalue weighted by Gasteiger charge is -2.18. The van der Waals surface area contributed by atoms with Crippen LogP contribution in [0, 0.1) is 0 Å². The molecule has 23 heavy (non-hydrogen) atoms. The topological polar surface area (TPSA) is 37.4 Å². The number of thioether (sulfide) groups is 1. The molecule has 116 valence electrons. The molecule has 2 aromatic rings. The standard InChI is InChI=1S/C19H17NO2S/c1-2-18(21)20(12-14-8-4-3-5-9-14)13-17-19(22)15-10-6-7-11-16(15)23-17/h3-11,13H,2,12H2,1H3. The second-order valence-corrected chi connectivity index (χ2v) is 6.37. The second-order valence-electron chi connectivity index (χ2n) is 5.28. The molecular formula is C19H17NO2S. The van der Waals surface area contributed by atoms with Crippen LogP contribution < -0.4 is 0 Å². The minimum absolute atomic E-state index is 0.00529. The molecule has 0 spiro atoms. The van der Waals surface area contributed by atoms with Gasteiger partial charge in [-0.05, 0) is 17.7 Å². The molecule has 0 atom stereocenters. The molecule has 2 aromatic carbocycles. The first-order chi connectivity index (χ1) is 11.2. The van der Waals surface area contributed by atoms with Gasteiger partial charge in [-0.2, -0.15) is 0 Å². The van der Waals surface area contributed by atoms with Gasteiger partial charge in [0.05, 0.1) is 11.4 Å². The van der Waals surface area contributed by atoms with E-state index in [1.54, 1.807) is 11.1 Å². The summed E-state index contributed by atoms with van der Waals surface area (Å²) in [6.07, 6.45) is 2.11. The lowest BCUT2D eigenvalue weighted by atomic mass is 10.1. The monoisotopic (exact) mass is 323 g/mol. The van der Waals surface area contributed by atoms with E-state index in [-0.39, 0.29) is 11.7 Å². The van der Waals surface area contributed by atoms with Crippen LogP contribution in [0.2, 0.25) is 0 Å².